The lowest BCUT2D eigenvalue weighted by molar-refractivity contribution is 0.0996. The summed E-state index contributed by atoms with van der Waals surface area (Å²) < 4.78 is 18.9. The number of anilines is 2. The van der Waals surface area contributed by atoms with Crippen LogP contribution in [-0.4, -0.2) is 54.1 Å². The fraction of sp³-hybridized carbons (Fsp3) is 0.179. The molecule has 3 heterocycles. The van der Waals surface area contributed by atoms with Crippen molar-refractivity contribution in [2.24, 2.45) is 0 Å². The molecule has 37 heavy (non-hydrogen) atoms. The van der Waals surface area contributed by atoms with Gasteiger partial charge in [0.1, 0.15) is 23.2 Å². The maximum absolute atomic E-state index is 13.7. The van der Waals surface area contributed by atoms with E-state index < -0.39 is 11.7 Å². The third-order valence-electron chi connectivity index (χ3n) is 6.37. The van der Waals surface area contributed by atoms with Crippen molar-refractivity contribution in [3.63, 3.8) is 0 Å². The molecule has 8 nitrogen and oxygen atoms in total. The Hall–Kier alpha value is -4.68. The summed E-state index contributed by atoms with van der Waals surface area (Å²) in [6, 6.07) is 18.3. The number of hydrogen-bond acceptors (Lipinski definition) is 7. The second kappa shape index (κ2) is 10.1. The van der Waals surface area contributed by atoms with Crippen LogP contribution in [0, 0.1) is 17.1 Å². The number of likely N-dealkylation sites (N-methyl/N-ethyl adjacent to an activating group) is 1. The van der Waals surface area contributed by atoms with Gasteiger partial charge in [-0.25, -0.2) is 9.37 Å². The summed E-state index contributed by atoms with van der Waals surface area (Å²) in [5.74, 6) is -1.42. The van der Waals surface area contributed by atoms with Crippen LogP contribution in [0.15, 0.2) is 71.3 Å². The molecule has 0 radical (unpaired) electrons. The molecular formula is C28H24FN5O3. The van der Waals surface area contributed by atoms with Crippen molar-refractivity contribution in [2.75, 3.05) is 43.4 Å². The molecule has 5 rings (SSSR count). The number of rotatable bonds is 5. The predicted molar refractivity (Wildman–Crippen MR) is 138 cm³/mol. The number of phenolic OH excluding ortho intramolecular Hbond substituents is 1. The molecule has 4 aromatic rings. The van der Waals surface area contributed by atoms with E-state index in [-0.39, 0.29) is 34.1 Å². The van der Waals surface area contributed by atoms with E-state index in [0.29, 0.717) is 5.56 Å². The number of benzene rings is 2. The standard InChI is InChI=1S/C28H24FN5O3/c1-33-9-11-34(12-10-33)20-5-2-4-18(14-20)22-16-24(21-8-7-19(29)15-25(21)35)31-27(23(22)17-30)32-28(36)26-6-3-13-37-26/h2-8,13-16,35H,9-12H2,1H3,(H,31,32,36). The summed E-state index contributed by atoms with van der Waals surface area (Å²) in [4.78, 5) is 21.8. The van der Waals surface area contributed by atoms with Gasteiger partial charge >= 0.3 is 0 Å². The van der Waals surface area contributed by atoms with Crippen molar-refractivity contribution < 1.29 is 18.7 Å². The van der Waals surface area contributed by atoms with Crippen LogP contribution in [0.2, 0.25) is 0 Å². The number of nitrogens with one attached hydrogen (secondary N) is 1. The molecule has 1 amide bonds. The lowest BCUT2D eigenvalue weighted by Gasteiger charge is -2.34. The van der Waals surface area contributed by atoms with Gasteiger partial charge in [-0.15, -0.1) is 0 Å². The van der Waals surface area contributed by atoms with Crippen LogP contribution in [0.5, 0.6) is 5.75 Å². The van der Waals surface area contributed by atoms with E-state index in [2.05, 4.69) is 33.2 Å². The molecule has 2 N–H and O–H groups in total. The zero-order valence-electron chi connectivity index (χ0n) is 20.1. The molecule has 1 aliphatic rings. The van der Waals surface area contributed by atoms with Crippen LogP contribution in [0.1, 0.15) is 16.1 Å². The summed E-state index contributed by atoms with van der Waals surface area (Å²) in [5, 5.41) is 23.2. The lowest BCUT2D eigenvalue weighted by atomic mass is 9.97. The number of nitriles is 1. The second-order valence-electron chi connectivity index (χ2n) is 8.82. The van der Waals surface area contributed by atoms with Gasteiger partial charge < -0.3 is 24.6 Å². The Labute approximate surface area is 213 Å². The average molecular weight is 498 g/mol. The zero-order valence-corrected chi connectivity index (χ0v) is 20.1. The molecule has 0 unspecified atom stereocenters. The summed E-state index contributed by atoms with van der Waals surface area (Å²) in [7, 11) is 2.09. The second-order valence-corrected chi connectivity index (χ2v) is 8.82. The molecule has 2 aromatic heterocycles. The van der Waals surface area contributed by atoms with E-state index in [4.69, 9.17) is 4.42 Å². The van der Waals surface area contributed by atoms with Gasteiger partial charge in [0.05, 0.1) is 12.0 Å². The first-order valence-corrected chi connectivity index (χ1v) is 11.8. The Balaban J connectivity index is 1.63. The first-order chi connectivity index (χ1) is 17.9. The Morgan fingerprint density at radius 3 is 2.59 bits per heavy atom. The Kier molecular flexibility index (Phi) is 6.58. The van der Waals surface area contributed by atoms with Gasteiger partial charge in [0.15, 0.2) is 11.6 Å². The van der Waals surface area contributed by atoms with Crippen molar-refractivity contribution in [3.05, 3.63) is 84.1 Å². The van der Waals surface area contributed by atoms with Crippen LogP contribution in [-0.2, 0) is 0 Å². The molecule has 9 heteroatoms. The van der Waals surface area contributed by atoms with E-state index in [1.54, 1.807) is 12.1 Å². The fourth-order valence-corrected chi connectivity index (χ4v) is 4.35. The predicted octanol–water partition coefficient (Wildman–Crippen LogP) is 4.73. The monoisotopic (exact) mass is 497 g/mol. The first-order valence-electron chi connectivity index (χ1n) is 11.8. The first kappa shape index (κ1) is 24.0. The number of aromatic nitrogens is 1. The molecular weight excluding hydrogens is 473 g/mol. The van der Waals surface area contributed by atoms with Crippen molar-refractivity contribution in [3.8, 4) is 34.2 Å². The van der Waals surface area contributed by atoms with Crippen molar-refractivity contribution >= 4 is 17.4 Å². The van der Waals surface area contributed by atoms with Crippen LogP contribution in [0.4, 0.5) is 15.9 Å². The van der Waals surface area contributed by atoms with Crippen molar-refractivity contribution in [1.82, 2.24) is 9.88 Å². The minimum absolute atomic E-state index is 0.00475. The number of pyridine rings is 1. The number of piperazine rings is 1. The van der Waals surface area contributed by atoms with Crippen LogP contribution in [0.25, 0.3) is 22.4 Å². The Morgan fingerprint density at radius 1 is 1.08 bits per heavy atom. The number of amides is 1. The van der Waals surface area contributed by atoms with Crippen molar-refractivity contribution in [2.45, 2.75) is 0 Å². The van der Waals surface area contributed by atoms with Crippen LogP contribution >= 0.6 is 0 Å². The largest absolute Gasteiger partial charge is 0.507 e. The highest BCUT2D eigenvalue weighted by atomic mass is 19.1. The molecule has 1 fully saturated rings. The zero-order chi connectivity index (χ0) is 25.9. The molecule has 0 saturated carbocycles. The van der Waals surface area contributed by atoms with Gasteiger partial charge in [-0.3, -0.25) is 4.79 Å². The Morgan fingerprint density at radius 2 is 1.89 bits per heavy atom. The van der Waals surface area contributed by atoms with Crippen molar-refractivity contribution in [1.29, 1.82) is 5.26 Å². The molecule has 1 aliphatic heterocycles. The minimum Gasteiger partial charge on any atom is -0.507 e. The number of carbonyl (C=O) groups is 1. The fourth-order valence-electron chi connectivity index (χ4n) is 4.35. The summed E-state index contributed by atoms with van der Waals surface area (Å²) in [5.41, 5.74) is 2.95. The molecule has 1 saturated heterocycles. The topological polar surface area (TPSA) is 106 Å². The number of furan rings is 1. The maximum Gasteiger partial charge on any atom is 0.292 e. The van der Waals surface area contributed by atoms with Gasteiger partial charge in [-0.05, 0) is 55.1 Å². The highest BCUT2D eigenvalue weighted by molar-refractivity contribution is 6.03. The highest BCUT2D eigenvalue weighted by Crippen LogP contribution is 2.37. The normalized spacial score (nSPS) is 13.8. The smallest absolute Gasteiger partial charge is 0.292 e. The number of nitrogens with zero attached hydrogens (tertiary/aromatic N) is 4. The third kappa shape index (κ3) is 5.01. The van der Waals surface area contributed by atoms with Gasteiger partial charge in [0.2, 0.25) is 0 Å². The highest BCUT2D eigenvalue weighted by Gasteiger charge is 2.21. The van der Waals surface area contributed by atoms with E-state index in [0.717, 1.165) is 43.5 Å². The maximum atomic E-state index is 13.7. The number of carbonyl (C=O) groups excluding carboxylic acids is 1. The minimum atomic E-state index is -0.596. The summed E-state index contributed by atoms with van der Waals surface area (Å²) >= 11 is 0. The van der Waals surface area contributed by atoms with Gasteiger partial charge in [-0.1, -0.05) is 12.1 Å². The average Bonchev–Trinajstić information content (AvgIpc) is 3.44. The third-order valence-corrected chi connectivity index (χ3v) is 6.37. The summed E-state index contributed by atoms with van der Waals surface area (Å²) in [6.07, 6.45) is 1.37. The van der Waals surface area contributed by atoms with E-state index in [9.17, 15) is 19.6 Å². The SMILES string of the molecule is CN1CCN(c2cccc(-c3cc(-c4ccc(F)cc4O)nc(NC(=O)c4ccco4)c3C#N)c2)CC1. The summed E-state index contributed by atoms with van der Waals surface area (Å²) in [6.45, 7) is 3.64. The molecule has 2 aromatic carbocycles. The molecule has 186 valence electrons. The molecule has 0 atom stereocenters. The molecule has 0 aliphatic carbocycles. The van der Waals surface area contributed by atoms with Crippen LogP contribution < -0.4 is 10.2 Å². The Bertz CT molecular complexity index is 1490. The van der Waals surface area contributed by atoms with Gasteiger partial charge in [0.25, 0.3) is 5.91 Å². The quantitative estimate of drug-likeness (QED) is 0.411. The van der Waals surface area contributed by atoms with Crippen LogP contribution in [0.3, 0.4) is 0 Å². The van der Waals surface area contributed by atoms with E-state index in [1.807, 2.05) is 24.3 Å². The lowest BCUT2D eigenvalue weighted by Crippen LogP contribution is -2.44. The van der Waals surface area contributed by atoms with E-state index >= 15 is 0 Å². The van der Waals surface area contributed by atoms with E-state index in [1.165, 1.54) is 24.5 Å². The number of aromatic hydroxyl groups is 1. The number of phenols is 1. The molecule has 0 spiro atoms. The van der Waals surface area contributed by atoms with Gasteiger partial charge in [0, 0.05) is 49.1 Å². The molecule has 0 bridgehead atoms. The van der Waals surface area contributed by atoms with Gasteiger partial charge in [-0.2, -0.15) is 5.26 Å². The number of hydrogen-bond donors (Lipinski definition) is 2. The number of halogens is 1.